The van der Waals surface area contributed by atoms with Gasteiger partial charge in [-0.25, -0.2) is 9.78 Å². The van der Waals surface area contributed by atoms with Crippen molar-refractivity contribution < 1.29 is 23.1 Å². The molecule has 3 N–H and O–H groups in total. The van der Waals surface area contributed by atoms with E-state index in [1.807, 2.05) is 6.07 Å². The van der Waals surface area contributed by atoms with Gasteiger partial charge in [-0.2, -0.15) is 13.2 Å². The minimum atomic E-state index is -4.48. The topological polar surface area (TPSA) is 74.2 Å². The molecule has 5 nitrogen and oxygen atoms in total. The maximum Gasteiger partial charge on any atom is 0.417 e. The van der Waals surface area contributed by atoms with Crippen LogP contribution in [0, 0.1) is 5.41 Å². The molecule has 0 unspecified atom stereocenters. The summed E-state index contributed by atoms with van der Waals surface area (Å²) in [5.41, 5.74) is 1.80. The van der Waals surface area contributed by atoms with Crippen molar-refractivity contribution >= 4 is 40.6 Å². The molecular formula is C26H28F3N3O2S2. The van der Waals surface area contributed by atoms with Crippen molar-refractivity contribution in [1.29, 1.82) is 0 Å². The van der Waals surface area contributed by atoms with E-state index >= 15 is 0 Å². The molecule has 0 bridgehead atoms. The van der Waals surface area contributed by atoms with Crippen LogP contribution in [0.15, 0.2) is 46.8 Å². The van der Waals surface area contributed by atoms with Crippen LogP contribution in [0.3, 0.4) is 0 Å². The van der Waals surface area contributed by atoms with Crippen molar-refractivity contribution in [2.24, 2.45) is 5.41 Å². The average Bonchev–Trinajstić information content (AvgIpc) is 3.30. The van der Waals surface area contributed by atoms with Crippen LogP contribution in [0.4, 0.5) is 24.5 Å². The van der Waals surface area contributed by atoms with Crippen molar-refractivity contribution in [2.75, 3.05) is 17.1 Å². The fourth-order valence-electron chi connectivity index (χ4n) is 4.48. The Balaban J connectivity index is 1.54. The molecular weight excluding hydrogens is 507 g/mol. The zero-order valence-electron chi connectivity index (χ0n) is 20.2. The molecule has 2 aromatic carbocycles. The SMILES string of the molecule is CNc1cc(C(=O)O)ccc1NSc1csc(-c2ccc(C3CCC(C)(C)CC3)cc2C(F)(F)F)n1. The molecule has 10 heteroatoms. The first-order chi connectivity index (χ1) is 17.0. The van der Waals surface area contributed by atoms with E-state index in [0.29, 0.717) is 21.4 Å². The van der Waals surface area contributed by atoms with E-state index in [2.05, 4.69) is 28.9 Å². The fourth-order valence-corrected chi connectivity index (χ4v) is 6.12. The smallest absolute Gasteiger partial charge is 0.417 e. The van der Waals surface area contributed by atoms with Crippen molar-refractivity contribution in [2.45, 2.75) is 56.7 Å². The second-order valence-electron chi connectivity index (χ2n) is 9.75. The maximum absolute atomic E-state index is 14.1. The summed E-state index contributed by atoms with van der Waals surface area (Å²) < 4.78 is 45.3. The van der Waals surface area contributed by atoms with Gasteiger partial charge in [-0.3, -0.25) is 0 Å². The number of nitrogens with one attached hydrogen (secondary N) is 2. The molecule has 0 aliphatic heterocycles. The number of halogens is 3. The Kier molecular flexibility index (Phi) is 7.56. The number of carbonyl (C=O) groups is 1. The van der Waals surface area contributed by atoms with E-state index in [9.17, 15) is 18.0 Å². The van der Waals surface area contributed by atoms with Crippen molar-refractivity contribution in [3.8, 4) is 10.6 Å². The van der Waals surface area contributed by atoms with Gasteiger partial charge in [0.15, 0.2) is 0 Å². The van der Waals surface area contributed by atoms with Crippen molar-refractivity contribution in [3.05, 3.63) is 58.5 Å². The van der Waals surface area contributed by atoms with E-state index < -0.39 is 17.7 Å². The molecule has 0 atom stereocenters. The third kappa shape index (κ3) is 5.98. The summed E-state index contributed by atoms with van der Waals surface area (Å²) in [4.78, 5) is 15.6. The van der Waals surface area contributed by atoms with E-state index in [1.165, 1.54) is 18.2 Å². The van der Waals surface area contributed by atoms with Gasteiger partial charge < -0.3 is 15.1 Å². The van der Waals surface area contributed by atoms with Gasteiger partial charge in [0, 0.05) is 29.9 Å². The highest BCUT2D eigenvalue weighted by Crippen LogP contribution is 2.45. The molecule has 0 saturated heterocycles. The van der Waals surface area contributed by atoms with Gasteiger partial charge in [-0.1, -0.05) is 26.0 Å². The number of hydrogen-bond acceptors (Lipinski definition) is 6. The van der Waals surface area contributed by atoms with E-state index in [1.54, 1.807) is 24.6 Å². The van der Waals surface area contributed by atoms with E-state index in [-0.39, 0.29) is 22.5 Å². The van der Waals surface area contributed by atoms with Gasteiger partial charge in [-0.05, 0) is 66.8 Å². The van der Waals surface area contributed by atoms with Gasteiger partial charge in [0.2, 0.25) is 0 Å². The van der Waals surface area contributed by atoms with Crippen LogP contribution in [0.2, 0.25) is 0 Å². The van der Waals surface area contributed by atoms with Crippen molar-refractivity contribution in [1.82, 2.24) is 4.98 Å². The monoisotopic (exact) mass is 535 g/mol. The van der Waals surface area contributed by atoms with Crippen LogP contribution in [-0.2, 0) is 6.18 Å². The summed E-state index contributed by atoms with van der Waals surface area (Å²) in [6.07, 6.45) is -0.667. The Bertz CT molecular complexity index is 1250. The lowest BCUT2D eigenvalue weighted by atomic mass is 9.71. The molecule has 1 aliphatic rings. The average molecular weight is 536 g/mol. The van der Waals surface area contributed by atoms with Gasteiger partial charge >= 0.3 is 12.1 Å². The summed E-state index contributed by atoms with van der Waals surface area (Å²) in [6.45, 7) is 4.43. The van der Waals surface area contributed by atoms with Gasteiger partial charge in [0.05, 0.1) is 22.5 Å². The lowest BCUT2D eigenvalue weighted by Gasteiger charge is -2.34. The molecule has 192 valence electrons. The number of benzene rings is 2. The predicted molar refractivity (Wildman–Crippen MR) is 140 cm³/mol. The molecule has 0 radical (unpaired) electrons. The van der Waals surface area contributed by atoms with E-state index in [0.717, 1.165) is 54.5 Å². The number of carboxylic acids is 1. The third-order valence-electron chi connectivity index (χ3n) is 6.67. The normalized spacial score (nSPS) is 16.1. The summed E-state index contributed by atoms with van der Waals surface area (Å²) in [5.74, 6) is -0.887. The Labute approximate surface area is 216 Å². The predicted octanol–water partition coefficient (Wildman–Crippen LogP) is 8.37. The number of aromatic carboxylic acids is 1. The molecule has 3 aromatic rings. The molecule has 4 rings (SSSR count). The van der Waals surface area contributed by atoms with Gasteiger partial charge in [0.25, 0.3) is 0 Å². The second-order valence-corrected chi connectivity index (χ2v) is 11.4. The number of rotatable bonds is 7. The lowest BCUT2D eigenvalue weighted by Crippen LogP contribution is -2.20. The van der Waals surface area contributed by atoms with Crippen LogP contribution in [-0.4, -0.2) is 23.1 Å². The highest BCUT2D eigenvalue weighted by Gasteiger charge is 2.36. The largest absolute Gasteiger partial charge is 0.478 e. The zero-order valence-corrected chi connectivity index (χ0v) is 21.8. The highest BCUT2D eigenvalue weighted by atomic mass is 32.2. The van der Waals surface area contributed by atoms with Gasteiger partial charge in [-0.15, -0.1) is 11.3 Å². The minimum absolute atomic E-state index is 0.0842. The number of anilines is 2. The summed E-state index contributed by atoms with van der Waals surface area (Å²) in [6, 6.07) is 9.30. The fraction of sp³-hybridized carbons (Fsp3) is 0.385. The number of carboxylic acid groups (broad SMARTS) is 1. The van der Waals surface area contributed by atoms with Crippen LogP contribution in [0.1, 0.15) is 66.9 Å². The molecule has 1 aromatic heterocycles. The Morgan fingerprint density at radius 2 is 1.86 bits per heavy atom. The number of hydrogen-bond donors (Lipinski definition) is 3. The molecule has 0 spiro atoms. The minimum Gasteiger partial charge on any atom is -0.478 e. The number of nitrogens with zero attached hydrogens (tertiary/aromatic N) is 1. The second kappa shape index (κ2) is 10.3. The first kappa shape index (κ1) is 26.3. The Hall–Kier alpha value is -2.72. The number of alkyl halides is 3. The molecule has 36 heavy (non-hydrogen) atoms. The van der Waals surface area contributed by atoms with Crippen LogP contribution < -0.4 is 10.0 Å². The van der Waals surface area contributed by atoms with E-state index in [4.69, 9.17) is 5.11 Å². The molecule has 1 saturated carbocycles. The third-order valence-corrected chi connectivity index (χ3v) is 8.44. The maximum atomic E-state index is 14.1. The first-order valence-electron chi connectivity index (χ1n) is 11.6. The molecule has 0 amide bonds. The number of aromatic nitrogens is 1. The van der Waals surface area contributed by atoms with Crippen LogP contribution >= 0.6 is 23.3 Å². The molecule has 1 heterocycles. The van der Waals surface area contributed by atoms with Crippen molar-refractivity contribution in [3.63, 3.8) is 0 Å². The summed E-state index contributed by atoms with van der Waals surface area (Å²) in [7, 11) is 1.67. The van der Waals surface area contributed by atoms with Crippen LogP contribution in [0.25, 0.3) is 10.6 Å². The first-order valence-corrected chi connectivity index (χ1v) is 13.3. The zero-order chi connectivity index (χ0) is 26.1. The molecule has 1 fully saturated rings. The quantitative estimate of drug-likeness (QED) is 0.264. The lowest BCUT2D eigenvalue weighted by molar-refractivity contribution is -0.137. The number of thiazole rings is 1. The Morgan fingerprint density at radius 3 is 2.50 bits per heavy atom. The standard InChI is InChI=1S/C26H28F3N3O2S2/c1-25(2)10-8-15(9-11-25)16-4-6-18(19(12-16)26(27,28)29)23-31-22(14-35-23)36-32-20-7-5-17(24(33)34)13-21(20)30-3/h4-7,12-15,30,32H,8-11H2,1-3H3,(H,33,34). The van der Waals surface area contributed by atoms with Crippen LogP contribution in [0.5, 0.6) is 0 Å². The molecule has 1 aliphatic carbocycles. The summed E-state index contributed by atoms with van der Waals surface area (Å²) in [5, 5.41) is 14.6. The Morgan fingerprint density at radius 1 is 1.14 bits per heavy atom. The highest BCUT2D eigenvalue weighted by molar-refractivity contribution is 8.00. The van der Waals surface area contributed by atoms with Gasteiger partial charge in [0.1, 0.15) is 10.0 Å². The summed E-state index contributed by atoms with van der Waals surface area (Å²) >= 11 is 2.31.